The van der Waals surface area contributed by atoms with Gasteiger partial charge in [-0.2, -0.15) is 5.10 Å². The highest BCUT2D eigenvalue weighted by atomic mass is 16.3. The lowest BCUT2D eigenvalue weighted by Gasteiger charge is -2.25. The van der Waals surface area contributed by atoms with E-state index in [2.05, 4.69) is 28.3 Å². The first-order chi connectivity index (χ1) is 8.83. The predicted molar refractivity (Wildman–Crippen MR) is 71.3 cm³/mol. The van der Waals surface area contributed by atoms with Crippen molar-refractivity contribution in [1.29, 1.82) is 0 Å². The molecule has 0 spiro atoms. The molecule has 18 heavy (non-hydrogen) atoms. The van der Waals surface area contributed by atoms with Crippen molar-refractivity contribution in [2.24, 2.45) is 0 Å². The van der Waals surface area contributed by atoms with Crippen LogP contribution in [0, 0.1) is 0 Å². The molecular formula is C13H24N4O. The minimum absolute atomic E-state index is 0.215. The van der Waals surface area contributed by atoms with Crippen LogP contribution in [0.3, 0.4) is 0 Å². The van der Waals surface area contributed by atoms with Crippen molar-refractivity contribution in [1.82, 2.24) is 20.0 Å². The number of hydrogen-bond acceptors (Lipinski definition) is 4. The summed E-state index contributed by atoms with van der Waals surface area (Å²) in [6.45, 7) is 6.95. The molecule has 0 saturated carbocycles. The molecule has 0 aliphatic carbocycles. The van der Waals surface area contributed by atoms with Crippen LogP contribution in [0.2, 0.25) is 0 Å². The third-order valence-corrected chi connectivity index (χ3v) is 3.55. The Morgan fingerprint density at radius 3 is 3.17 bits per heavy atom. The second-order valence-electron chi connectivity index (χ2n) is 4.89. The average molecular weight is 252 g/mol. The predicted octanol–water partition coefficient (Wildman–Crippen LogP) is 0.449. The first-order valence-corrected chi connectivity index (χ1v) is 6.90. The molecule has 1 unspecified atom stereocenters. The van der Waals surface area contributed by atoms with Crippen molar-refractivity contribution in [3.05, 3.63) is 18.0 Å². The van der Waals surface area contributed by atoms with E-state index in [4.69, 9.17) is 0 Å². The van der Waals surface area contributed by atoms with Gasteiger partial charge in [0.15, 0.2) is 0 Å². The van der Waals surface area contributed by atoms with Gasteiger partial charge in [-0.3, -0.25) is 9.58 Å². The van der Waals surface area contributed by atoms with Crippen molar-refractivity contribution in [2.75, 3.05) is 26.2 Å². The van der Waals surface area contributed by atoms with Crippen LogP contribution in [-0.4, -0.2) is 52.1 Å². The van der Waals surface area contributed by atoms with Crippen LogP contribution in [-0.2, 0) is 13.1 Å². The van der Waals surface area contributed by atoms with E-state index in [9.17, 15) is 5.11 Å². The van der Waals surface area contributed by atoms with Crippen LogP contribution in [0.15, 0.2) is 12.3 Å². The second-order valence-corrected chi connectivity index (χ2v) is 4.89. The maximum Gasteiger partial charge on any atom is 0.0558 e. The van der Waals surface area contributed by atoms with Gasteiger partial charge in [-0.15, -0.1) is 0 Å². The highest BCUT2D eigenvalue weighted by Gasteiger charge is 2.18. The third kappa shape index (κ3) is 3.54. The van der Waals surface area contributed by atoms with E-state index in [0.29, 0.717) is 6.04 Å². The highest BCUT2D eigenvalue weighted by Crippen LogP contribution is 2.10. The second kappa shape index (κ2) is 6.87. The Balaban J connectivity index is 1.92. The van der Waals surface area contributed by atoms with E-state index in [1.54, 1.807) is 0 Å². The molecule has 1 atom stereocenters. The molecule has 1 aliphatic rings. The molecule has 1 aromatic rings. The van der Waals surface area contributed by atoms with Crippen LogP contribution in [0.5, 0.6) is 0 Å². The average Bonchev–Trinajstić information content (AvgIpc) is 3.00. The van der Waals surface area contributed by atoms with Crippen molar-refractivity contribution in [3.8, 4) is 0 Å². The van der Waals surface area contributed by atoms with Crippen molar-refractivity contribution in [2.45, 2.75) is 38.9 Å². The summed E-state index contributed by atoms with van der Waals surface area (Å²) in [7, 11) is 0. The molecule has 2 rings (SSSR count). The van der Waals surface area contributed by atoms with E-state index >= 15 is 0 Å². The number of aromatic nitrogens is 2. The van der Waals surface area contributed by atoms with E-state index < -0.39 is 0 Å². The number of nitrogens with zero attached hydrogens (tertiary/aromatic N) is 3. The van der Waals surface area contributed by atoms with Gasteiger partial charge in [0.05, 0.1) is 12.3 Å². The fourth-order valence-electron chi connectivity index (χ4n) is 2.61. The van der Waals surface area contributed by atoms with E-state index in [1.807, 2.05) is 10.9 Å². The van der Waals surface area contributed by atoms with Gasteiger partial charge in [-0.05, 0) is 32.4 Å². The molecular weight excluding hydrogens is 228 g/mol. The summed E-state index contributed by atoms with van der Waals surface area (Å²) in [6, 6.07) is 2.64. The van der Waals surface area contributed by atoms with Gasteiger partial charge < -0.3 is 10.4 Å². The number of nitrogens with one attached hydrogen (secondary N) is 1. The number of rotatable bonds is 7. The van der Waals surface area contributed by atoms with Gasteiger partial charge >= 0.3 is 0 Å². The summed E-state index contributed by atoms with van der Waals surface area (Å²) >= 11 is 0. The van der Waals surface area contributed by atoms with Crippen LogP contribution in [0.4, 0.5) is 0 Å². The van der Waals surface area contributed by atoms with Gasteiger partial charge in [0.2, 0.25) is 0 Å². The third-order valence-electron chi connectivity index (χ3n) is 3.55. The van der Waals surface area contributed by atoms with Gasteiger partial charge in [0, 0.05) is 38.4 Å². The largest absolute Gasteiger partial charge is 0.395 e. The Kier molecular flexibility index (Phi) is 5.16. The smallest absolute Gasteiger partial charge is 0.0558 e. The lowest BCUT2D eigenvalue weighted by Crippen LogP contribution is -2.39. The fourth-order valence-corrected chi connectivity index (χ4v) is 2.61. The monoisotopic (exact) mass is 252 g/mol. The topological polar surface area (TPSA) is 53.3 Å². The molecule has 2 N–H and O–H groups in total. The Bertz CT molecular complexity index is 347. The Hall–Kier alpha value is -0.910. The highest BCUT2D eigenvalue weighted by molar-refractivity contribution is 5.00. The summed E-state index contributed by atoms with van der Waals surface area (Å²) in [5, 5.41) is 17.0. The normalized spacial score (nSPS) is 19.8. The summed E-state index contributed by atoms with van der Waals surface area (Å²) in [5.41, 5.74) is 1.23. The molecule has 1 fully saturated rings. The zero-order valence-corrected chi connectivity index (χ0v) is 11.2. The molecule has 2 heterocycles. The first kappa shape index (κ1) is 13.5. The summed E-state index contributed by atoms with van der Waals surface area (Å²) < 4.78 is 2.02. The van der Waals surface area contributed by atoms with Crippen LogP contribution < -0.4 is 5.32 Å². The summed E-state index contributed by atoms with van der Waals surface area (Å²) in [6.07, 6.45) is 4.36. The van der Waals surface area contributed by atoms with Crippen molar-refractivity contribution >= 4 is 0 Å². The molecule has 0 bridgehead atoms. The Morgan fingerprint density at radius 1 is 1.61 bits per heavy atom. The maximum atomic E-state index is 9.18. The molecule has 0 radical (unpaired) electrons. The number of aryl methyl sites for hydroxylation is 1. The minimum atomic E-state index is 0.215. The standard InChI is InChI=1S/C13H24N4O/c1-2-17-13(5-7-15-17)11-16(8-9-18)10-12-4-3-6-14-12/h5,7,12,14,18H,2-4,6,8-11H2,1H3. The summed E-state index contributed by atoms with van der Waals surface area (Å²) in [4.78, 5) is 2.31. The molecule has 0 aromatic carbocycles. The molecule has 1 aliphatic heterocycles. The van der Waals surface area contributed by atoms with E-state index in [1.165, 1.54) is 18.5 Å². The van der Waals surface area contributed by atoms with E-state index in [0.717, 1.165) is 32.7 Å². The minimum Gasteiger partial charge on any atom is -0.395 e. The quantitative estimate of drug-likeness (QED) is 0.740. The first-order valence-electron chi connectivity index (χ1n) is 6.90. The van der Waals surface area contributed by atoms with Gasteiger partial charge in [-0.1, -0.05) is 0 Å². The molecule has 1 saturated heterocycles. The zero-order valence-electron chi connectivity index (χ0n) is 11.2. The molecule has 5 nitrogen and oxygen atoms in total. The Labute approximate surface area is 109 Å². The molecule has 1 aromatic heterocycles. The van der Waals surface area contributed by atoms with Gasteiger partial charge in [0.25, 0.3) is 0 Å². The molecule has 5 heteroatoms. The van der Waals surface area contributed by atoms with E-state index in [-0.39, 0.29) is 6.61 Å². The number of aliphatic hydroxyl groups excluding tert-OH is 1. The lowest BCUT2D eigenvalue weighted by molar-refractivity contribution is 0.175. The summed E-state index contributed by atoms with van der Waals surface area (Å²) in [5.74, 6) is 0. The van der Waals surface area contributed by atoms with Gasteiger partial charge in [0.1, 0.15) is 0 Å². The SMILES string of the molecule is CCn1nccc1CN(CCO)CC1CCCN1. The van der Waals surface area contributed by atoms with Crippen molar-refractivity contribution in [3.63, 3.8) is 0 Å². The number of hydrogen-bond donors (Lipinski definition) is 2. The van der Waals surface area contributed by atoms with Crippen molar-refractivity contribution < 1.29 is 5.11 Å². The zero-order chi connectivity index (χ0) is 12.8. The molecule has 102 valence electrons. The maximum absolute atomic E-state index is 9.18. The molecule has 0 amide bonds. The lowest BCUT2D eigenvalue weighted by atomic mass is 10.2. The fraction of sp³-hybridized carbons (Fsp3) is 0.769. The Morgan fingerprint density at radius 2 is 2.50 bits per heavy atom. The number of aliphatic hydroxyl groups is 1. The van der Waals surface area contributed by atoms with Crippen LogP contribution in [0.25, 0.3) is 0 Å². The van der Waals surface area contributed by atoms with Crippen LogP contribution in [0.1, 0.15) is 25.5 Å². The van der Waals surface area contributed by atoms with Crippen LogP contribution >= 0.6 is 0 Å². The van der Waals surface area contributed by atoms with Gasteiger partial charge in [-0.25, -0.2) is 0 Å².